The molecule has 1 N–H and O–H groups in total. The van der Waals surface area contributed by atoms with Crippen LogP contribution < -0.4 is 5.32 Å². The van der Waals surface area contributed by atoms with E-state index >= 15 is 0 Å². The second-order valence-corrected chi connectivity index (χ2v) is 7.85. The Balaban J connectivity index is 1.79. The summed E-state index contributed by atoms with van der Waals surface area (Å²) in [5, 5.41) is 7.61. The molecule has 0 aliphatic heterocycles. The molecule has 1 aliphatic carbocycles. The van der Waals surface area contributed by atoms with Crippen molar-refractivity contribution >= 4 is 5.91 Å². The zero-order chi connectivity index (χ0) is 17.6. The van der Waals surface area contributed by atoms with Crippen LogP contribution in [0.4, 0.5) is 0 Å². The van der Waals surface area contributed by atoms with Crippen molar-refractivity contribution in [2.45, 2.75) is 59.9 Å². The highest BCUT2D eigenvalue weighted by molar-refractivity contribution is 5.79. The molecule has 0 saturated carbocycles. The predicted octanol–water partition coefficient (Wildman–Crippen LogP) is 3.31. The van der Waals surface area contributed by atoms with E-state index in [1.807, 2.05) is 32.5 Å². The molecular formula is C19H27N3O2. The zero-order valence-corrected chi connectivity index (χ0v) is 15.5. The van der Waals surface area contributed by atoms with Gasteiger partial charge in [-0.3, -0.25) is 9.48 Å². The van der Waals surface area contributed by atoms with Crippen LogP contribution in [-0.4, -0.2) is 15.7 Å². The number of rotatable bonds is 3. The van der Waals surface area contributed by atoms with Gasteiger partial charge in [-0.25, -0.2) is 0 Å². The van der Waals surface area contributed by atoms with Crippen molar-refractivity contribution in [1.29, 1.82) is 0 Å². The van der Waals surface area contributed by atoms with E-state index in [0.29, 0.717) is 6.42 Å². The minimum Gasteiger partial charge on any atom is -0.466 e. The third-order valence-corrected chi connectivity index (χ3v) is 5.07. The summed E-state index contributed by atoms with van der Waals surface area (Å²) in [5.41, 5.74) is 4.25. The molecule has 0 bridgehead atoms. The molecule has 0 spiro atoms. The smallest absolute Gasteiger partial charge is 0.225 e. The fourth-order valence-electron chi connectivity index (χ4n) is 3.79. The van der Waals surface area contributed by atoms with Crippen molar-refractivity contribution in [2.24, 2.45) is 12.5 Å². The number of hydrogen-bond acceptors (Lipinski definition) is 3. The number of aromatic nitrogens is 2. The second-order valence-electron chi connectivity index (χ2n) is 7.85. The van der Waals surface area contributed by atoms with Crippen molar-refractivity contribution in [3.63, 3.8) is 0 Å². The van der Waals surface area contributed by atoms with Gasteiger partial charge in [-0.05, 0) is 38.7 Å². The summed E-state index contributed by atoms with van der Waals surface area (Å²) in [6, 6.07) is 2.08. The Morgan fingerprint density at radius 1 is 1.42 bits per heavy atom. The monoisotopic (exact) mass is 329 g/mol. The van der Waals surface area contributed by atoms with E-state index < -0.39 is 0 Å². The maximum absolute atomic E-state index is 12.6. The van der Waals surface area contributed by atoms with Gasteiger partial charge in [0.25, 0.3) is 0 Å². The average molecular weight is 329 g/mol. The minimum absolute atomic E-state index is 0.0194. The van der Waals surface area contributed by atoms with Gasteiger partial charge in [0.15, 0.2) is 0 Å². The minimum atomic E-state index is 0.0194. The molecule has 24 heavy (non-hydrogen) atoms. The normalized spacial score (nSPS) is 19.2. The van der Waals surface area contributed by atoms with Crippen LogP contribution in [0.15, 0.2) is 10.5 Å². The molecule has 3 rings (SSSR count). The number of carbonyl (C=O) groups excluding carboxylic acids is 1. The summed E-state index contributed by atoms with van der Waals surface area (Å²) >= 11 is 0. The number of furan rings is 1. The van der Waals surface area contributed by atoms with E-state index in [1.54, 1.807) is 0 Å². The van der Waals surface area contributed by atoms with Crippen LogP contribution in [0, 0.1) is 26.2 Å². The maximum atomic E-state index is 12.6. The van der Waals surface area contributed by atoms with Crippen LogP contribution in [0.1, 0.15) is 60.3 Å². The first kappa shape index (κ1) is 16.8. The van der Waals surface area contributed by atoms with Crippen molar-refractivity contribution in [1.82, 2.24) is 15.1 Å². The number of nitrogens with zero attached hydrogens (tertiary/aromatic N) is 2. The molecule has 2 heterocycles. The van der Waals surface area contributed by atoms with Gasteiger partial charge >= 0.3 is 0 Å². The Kier molecular flexibility index (Phi) is 4.06. The lowest BCUT2D eigenvalue weighted by Crippen LogP contribution is -2.36. The summed E-state index contributed by atoms with van der Waals surface area (Å²) in [6.45, 7) is 10.4. The molecule has 2 aromatic rings. The Hall–Kier alpha value is -2.04. The first-order chi connectivity index (χ1) is 11.2. The molecule has 0 fully saturated rings. The average Bonchev–Trinajstić information content (AvgIpc) is 2.92. The molecule has 1 aliphatic rings. The molecule has 5 heteroatoms. The molecule has 130 valence electrons. The van der Waals surface area contributed by atoms with Crippen LogP contribution in [0.5, 0.6) is 0 Å². The number of carbonyl (C=O) groups is 1. The second kappa shape index (κ2) is 5.80. The van der Waals surface area contributed by atoms with Crippen LogP contribution in [0.25, 0.3) is 0 Å². The summed E-state index contributed by atoms with van der Waals surface area (Å²) in [5.74, 6) is 1.97. The summed E-state index contributed by atoms with van der Waals surface area (Å²) in [7, 11) is 1.91. The highest BCUT2D eigenvalue weighted by atomic mass is 16.3. The predicted molar refractivity (Wildman–Crippen MR) is 92.8 cm³/mol. The Labute approximate surface area is 143 Å². The van der Waals surface area contributed by atoms with Gasteiger partial charge in [-0.1, -0.05) is 13.8 Å². The number of aryl methyl sites for hydroxylation is 3. The highest BCUT2D eigenvalue weighted by Gasteiger charge is 2.35. The lowest BCUT2D eigenvalue weighted by atomic mass is 9.74. The van der Waals surface area contributed by atoms with E-state index in [9.17, 15) is 4.79 Å². The summed E-state index contributed by atoms with van der Waals surface area (Å²) < 4.78 is 7.68. The fourth-order valence-corrected chi connectivity index (χ4v) is 3.79. The third-order valence-electron chi connectivity index (χ3n) is 5.07. The van der Waals surface area contributed by atoms with Crippen molar-refractivity contribution < 1.29 is 9.21 Å². The van der Waals surface area contributed by atoms with Crippen LogP contribution in [0.3, 0.4) is 0 Å². The lowest BCUT2D eigenvalue weighted by molar-refractivity contribution is -0.121. The Morgan fingerprint density at radius 3 is 2.75 bits per heavy atom. The first-order valence-electron chi connectivity index (χ1n) is 8.54. The fraction of sp³-hybridized carbons (Fsp3) is 0.579. The molecule has 1 amide bonds. The van der Waals surface area contributed by atoms with Gasteiger partial charge in [-0.2, -0.15) is 5.10 Å². The SMILES string of the molecule is Cc1cc2c(o1)CC(C)(C)C[C@@H]2NC(=O)Cc1c(C)nn(C)c1C. The molecular weight excluding hydrogens is 302 g/mol. The van der Waals surface area contributed by atoms with Gasteiger partial charge < -0.3 is 9.73 Å². The van der Waals surface area contributed by atoms with Gasteiger partial charge in [0.2, 0.25) is 5.91 Å². The number of fused-ring (bicyclic) bond motifs is 1. The first-order valence-corrected chi connectivity index (χ1v) is 8.54. The van der Waals surface area contributed by atoms with Gasteiger partial charge in [0, 0.05) is 30.3 Å². The van der Waals surface area contributed by atoms with Crippen molar-refractivity contribution in [3.8, 4) is 0 Å². The molecule has 5 nitrogen and oxygen atoms in total. The van der Waals surface area contributed by atoms with E-state index in [4.69, 9.17) is 4.42 Å². The van der Waals surface area contributed by atoms with Crippen molar-refractivity contribution in [3.05, 3.63) is 40.1 Å². The van der Waals surface area contributed by atoms with Gasteiger partial charge in [-0.15, -0.1) is 0 Å². The Morgan fingerprint density at radius 2 is 2.12 bits per heavy atom. The van der Waals surface area contributed by atoms with Gasteiger partial charge in [0.1, 0.15) is 11.5 Å². The summed E-state index contributed by atoms with van der Waals surface area (Å²) in [4.78, 5) is 12.6. The molecule has 0 unspecified atom stereocenters. The van der Waals surface area contributed by atoms with E-state index in [0.717, 1.165) is 46.9 Å². The quantitative estimate of drug-likeness (QED) is 0.940. The highest BCUT2D eigenvalue weighted by Crippen LogP contribution is 2.42. The maximum Gasteiger partial charge on any atom is 0.225 e. The Bertz CT molecular complexity index is 783. The third kappa shape index (κ3) is 3.12. The van der Waals surface area contributed by atoms with Crippen LogP contribution >= 0.6 is 0 Å². The topological polar surface area (TPSA) is 60.1 Å². The van der Waals surface area contributed by atoms with Crippen LogP contribution in [-0.2, 0) is 24.7 Å². The zero-order valence-electron chi connectivity index (χ0n) is 15.5. The molecule has 0 saturated heterocycles. The lowest BCUT2D eigenvalue weighted by Gasteiger charge is -2.34. The van der Waals surface area contributed by atoms with Crippen molar-refractivity contribution in [2.75, 3.05) is 0 Å². The molecule has 2 aromatic heterocycles. The number of nitrogens with one attached hydrogen (secondary N) is 1. The summed E-state index contributed by atoms with van der Waals surface area (Å²) in [6.07, 6.45) is 2.22. The van der Waals surface area contributed by atoms with Gasteiger partial charge in [0.05, 0.1) is 18.2 Å². The molecule has 0 aromatic carbocycles. The largest absolute Gasteiger partial charge is 0.466 e. The van der Waals surface area contributed by atoms with E-state index in [2.05, 4.69) is 30.3 Å². The number of hydrogen-bond donors (Lipinski definition) is 1. The number of amides is 1. The van der Waals surface area contributed by atoms with Crippen LogP contribution in [0.2, 0.25) is 0 Å². The molecule has 1 atom stereocenters. The van der Waals surface area contributed by atoms with E-state index in [-0.39, 0.29) is 17.4 Å². The molecule has 0 radical (unpaired) electrons. The standard InChI is InChI=1S/C19H27N3O2/c1-11-7-15-16(9-19(4,5)10-17(15)24-11)20-18(23)8-14-12(2)21-22(6)13(14)3/h7,16H,8-10H2,1-6H3,(H,20,23)/t16-/m0/s1. The van der Waals surface area contributed by atoms with E-state index in [1.165, 1.54) is 0 Å².